The smallest absolute Gasteiger partial charge is 0.271 e. The summed E-state index contributed by atoms with van der Waals surface area (Å²) in [7, 11) is 0. The summed E-state index contributed by atoms with van der Waals surface area (Å²) >= 11 is 3.35. The molecule has 0 bridgehead atoms. The minimum atomic E-state index is -0.441. The molecular formula is C13H10BrN3O2. The van der Waals surface area contributed by atoms with E-state index in [1.807, 2.05) is 24.3 Å². The van der Waals surface area contributed by atoms with Gasteiger partial charge in [0.15, 0.2) is 0 Å². The van der Waals surface area contributed by atoms with E-state index in [2.05, 4.69) is 26.5 Å². The SMILES string of the molecule is O=[N+]([O-])c1cccc(N/N=C\c2ccc(Br)cc2)c1. The van der Waals surface area contributed by atoms with Crippen LogP contribution in [0.3, 0.4) is 0 Å². The van der Waals surface area contributed by atoms with Crippen molar-refractivity contribution in [3.63, 3.8) is 0 Å². The summed E-state index contributed by atoms with van der Waals surface area (Å²) < 4.78 is 0.997. The van der Waals surface area contributed by atoms with Crippen molar-refractivity contribution in [1.82, 2.24) is 0 Å². The lowest BCUT2D eigenvalue weighted by Crippen LogP contribution is -1.92. The third-order valence-electron chi connectivity index (χ3n) is 2.33. The Bertz CT molecular complexity index is 612. The zero-order valence-corrected chi connectivity index (χ0v) is 11.4. The molecule has 0 amide bonds. The number of halogens is 1. The second-order valence-electron chi connectivity index (χ2n) is 3.73. The predicted octanol–water partition coefficient (Wildman–Crippen LogP) is 3.80. The fraction of sp³-hybridized carbons (Fsp3) is 0. The molecule has 96 valence electrons. The summed E-state index contributed by atoms with van der Waals surface area (Å²) in [6.07, 6.45) is 1.64. The maximum Gasteiger partial charge on any atom is 0.271 e. The highest BCUT2D eigenvalue weighted by molar-refractivity contribution is 9.10. The van der Waals surface area contributed by atoms with Crippen LogP contribution in [0.15, 0.2) is 58.1 Å². The van der Waals surface area contributed by atoms with Crippen LogP contribution in [-0.2, 0) is 0 Å². The molecule has 5 nitrogen and oxygen atoms in total. The van der Waals surface area contributed by atoms with Gasteiger partial charge in [0.2, 0.25) is 0 Å². The van der Waals surface area contributed by atoms with Crippen molar-refractivity contribution >= 4 is 33.5 Å². The van der Waals surface area contributed by atoms with Crippen LogP contribution in [0, 0.1) is 10.1 Å². The molecule has 1 N–H and O–H groups in total. The van der Waals surface area contributed by atoms with Gasteiger partial charge in [0.05, 0.1) is 16.8 Å². The first-order valence-electron chi connectivity index (χ1n) is 5.44. The molecule has 0 aliphatic rings. The molecule has 0 saturated heterocycles. The number of nitro groups is 1. The molecule has 0 aliphatic heterocycles. The van der Waals surface area contributed by atoms with E-state index in [9.17, 15) is 10.1 Å². The molecule has 2 aromatic carbocycles. The fourth-order valence-electron chi connectivity index (χ4n) is 1.42. The Labute approximate surface area is 118 Å². The number of anilines is 1. The van der Waals surface area contributed by atoms with Crippen molar-refractivity contribution in [3.8, 4) is 0 Å². The van der Waals surface area contributed by atoms with E-state index in [1.54, 1.807) is 18.3 Å². The van der Waals surface area contributed by atoms with Crippen LogP contribution in [0.1, 0.15) is 5.56 Å². The van der Waals surface area contributed by atoms with Crippen molar-refractivity contribution in [2.45, 2.75) is 0 Å². The maximum absolute atomic E-state index is 10.6. The lowest BCUT2D eigenvalue weighted by atomic mass is 10.2. The fourth-order valence-corrected chi connectivity index (χ4v) is 1.68. The van der Waals surface area contributed by atoms with Gasteiger partial charge in [0.25, 0.3) is 5.69 Å². The molecule has 0 spiro atoms. The molecule has 0 saturated carbocycles. The Morgan fingerprint density at radius 1 is 1.21 bits per heavy atom. The minimum Gasteiger partial charge on any atom is -0.278 e. The van der Waals surface area contributed by atoms with Crippen LogP contribution in [-0.4, -0.2) is 11.1 Å². The number of nitro benzene ring substituents is 1. The van der Waals surface area contributed by atoms with Gasteiger partial charge in [-0.1, -0.05) is 34.1 Å². The second kappa shape index (κ2) is 6.10. The Morgan fingerprint density at radius 3 is 2.63 bits per heavy atom. The third-order valence-corrected chi connectivity index (χ3v) is 2.86. The van der Waals surface area contributed by atoms with Crippen LogP contribution in [0.5, 0.6) is 0 Å². The topological polar surface area (TPSA) is 67.5 Å². The van der Waals surface area contributed by atoms with E-state index in [0.29, 0.717) is 5.69 Å². The molecule has 0 aliphatic carbocycles. The predicted molar refractivity (Wildman–Crippen MR) is 78.5 cm³/mol. The summed E-state index contributed by atoms with van der Waals surface area (Å²) in [5.41, 5.74) is 4.29. The van der Waals surface area contributed by atoms with Gasteiger partial charge in [-0.15, -0.1) is 0 Å². The molecule has 0 aromatic heterocycles. The summed E-state index contributed by atoms with van der Waals surface area (Å²) in [4.78, 5) is 10.2. The van der Waals surface area contributed by atoms with Crippen molar-refractivity contribution in [2.75, 3.05) is 5.43 Å². The van der Waals surface area contributed by atoms with Gasteiger partial charge in [0.1, 0.15) is 0 Å². The molecule has 6 heteroatoms. The summed E-state index contributed by atoms with van der Waals surface area (Å²) in [5.74, 6) is 0. The third kappa shape index (κ3) is 3.89. The molecule has 2 aromatic rings. The molecule has 0 atom stereocenters. The zero-order valence-electron chi connectivity index (χ0n) is 9.79. The van der Waals surface area contributed by atoms with Crippen LogP contribution in [0.25, 0.3) is 0 Å². The molecule has 2 rings (SSSR count). The molecular weight excluding hydrogens is 310 g/mol. The van der Waals surface area contributed by atoms with E-state index in [1.165, 1.54) is 12.1 Å². The van der Waals surface area contributed by atoms with Gasteiger partial charge < -0.3 is 0 Å². The summed E-state index contributed by atoms with van der Waals surface area (Å²) in [5, 5.41) is 14.6. The van der Waals surface area contributed by atoms with E-state index in [-0.39, 0.29) is 5.69 Å². The zero-order chi connectivity index (χ0) is 13.7. The highest BCUT2D eigenvalue weighted by Crippen LogP contribution is 2.16. The number of non-ortho nitro benzene ring substituents is 1. The van der Waals surface area contributed by atoms with Crippen LogP contribution in [0.4, 0.5) is 11.4 Å². The number of rotatable bonds is 4. The standard InChI is InChI=1S/C13H10BrN3O2/c14-11-6-4-10(5-7-11)9-15-16-12-2-1-3-13(8-12)17(18)19/h1-9,16H/b15-9-. The number of hydrogen-bond donors (Lipinski definition) is 1. The van der Waals surface area contributed by atoms with Crippen molar-refractivity contribution in [1.29, 1.82) is 0 Å². The lowest BCUT2D eigenvalue weighted by Gasteiger charge is -1.99. The quantitative estimate of drug-likeness (QED) is 0.529. The number of benzene rings is 2. The van der Waals surface area contributed by atoms with E-state index < -0.39 is 4.92 Å². The highest BCUT2D eigenvalue weighted by atomic mass is 79.9. The van der Waals surface area contributed by atoms with Crippen molar-refractivity contribution < 1.29 is 4.92 Å². The maximum atomic E-state index is 10.6. The van der Waals surface area contributed by atoms with Crippen molar-refractivity contribution in [2.24, 2.45) is 5.10 Å². The average Bonchev–Trinajstić information content (AvgIpc) is 2.41. The highest BCUT2D eigenvalue weighted by Gasteiger charge is 2.04. The first kappa shape index (κ1) is 13.2. The Hall–Kier alpha value is -2.21. The van der Waals surface area contributed by atoms with Crippen LogP contribution in [0.2, 0.25) is 0 Å². The molecule has 0 unspecified atom stereocenters. The second-order valence-corrected chi connectivity index (χ2v) is 4.64. The molecule has 0 radical (unpaired) electrons. The van der Waals surface area contributed by atoms with E-state index in [4.69, 9.17) is 0 Å². The van der Waals surface area contributed by atoms with E-state index >= 15 is 0 Å². The number of hydrazone groups is 1. The van der Waals surface area contributed by atoms with Gasteiger partial charge in [-0.25, -0.2) is 0 Å². The minimum absolute atomic E-state index is 0.0313. The first-order valence-corrected chi connectivity index (χ1v) is 6.23. The molecule has 0 heterocycles. The number of nitrogens with one attached hydrogen (secondary N) is 1. The summed E-state index contributed by atoms with van der Waals surface area (Å²) in [6, 6.07) is 13.8. The lowest BCUT2D eigenvalue weighted by molar-refractivity contribution is -0.384. The largest absolute Gasteiger partial charge is 0.278 e. The van der Waals surface area contributed by atoms with Gasteiger partial charge in [-0.3, -0.25) is 15.5 Å². The number of nitrogens with zero attached hydrogens (tertiary/aromatic N) is 2. The van der Waals surface area contributed by atoms with Crippen LogP contribution < -0.4 is 5.43 Å². The monoisotopic (exact) mass is 319 g/mol. The van der Waals surface area contributed by atoms with Crippen LogP contribution >= 0.6 is 15.9 Å². The van der Waals surface area contributed by atoms with E-state index in [0.717, 1.165) is 10.0 Å². The molecule has 0 fully saturated rings. The Kier molecular flexibility index (Phi) is 4.25. The van der Waals surface area contributed by atoms with Crippen molar-refractivity contribution in [3.05, 3.63) is 68.7 Å². The van der Waals surface area contributed by atoms with Gasteiger partial charge in [-0.05, 0) is 23.8 Å². The van der Waals surface area contributed by atoms with Gasteiger partial charge in [0, 0.05) is 16.6 Å². The normalized spacial score (nSPS) is 10.6. The Balaban J connectivity index is 2.04. The first-order chi connectivity index (χ1) is 9.15. The molecule has 19 heavy (non-hydrogen) atoms. The average molecular weight is 320 g/mol. The summed E-state index contributed by atoms with van der Waals surface area (Å²) in [6.45, 7) is 0. The Morgan fingerprint density at radius 2 is 1.95 bits per heavy atom. The van der Waals surface area contributed by atoms with Gasteiger partial charge in [-0.2, -0.15) is 5.10 Å². The number of hydrogen-bond acceptors (Lipinski definition) is 4. The van der Waals surface area contributed by atoms with Gasteiger partial charge >= 0.3 is 0 Å².